The van der Waals surface area contributed by atoms with Crippen LogP contribution in [-0.2, 0) is 4.79 Å². The lowest BCUT2D eigenvalue weighted by molar-refractivity contribution is -0.129. The van der Waals surface area contributed by atoms with Crippen LogP contribution in [0.2, 0.25) is 0 Å². The third kappa shape index (κ3) is 4.50. The third-order valence-electron chi connectivity index (χ3n) is 5.17. The van der Waals surface area contributed by atoms with Gasteiger partial charge in [-0.2, -0.15) is 10.5 Å². The molecule has 1 atom stereocenters. The fourth-order valence-electron chi connectivity index (χ4n) is 3.48. The Morgan fingerprint density at radius 1 is 1.00 bits per heavy atom. The van der Waals surface area contributed by atoms with Gasteiger partial charge in [0.1, 0.15) is 11.3 Å². The predicted octanol–water partition coefficient (Wildman–Crippen LogP) is 4.34. The highest BCUT2D eigenvalue weighted by Crippen LogP contribution is 2.28. The highest BCUT2D eigenvalue weighted by atomic mass is 16.5. The number of nitriles is 2. The average molecular weight is 373 g/mol. The van der Waals surface area contributed by atoms with E-state index in [4.69, 9.17) is 10.00 Å². The Morgan fingerprint density at radius 2 is 1.57 bits per heavy atom. The number of carbonyl (C=O) groups is 1. The first-order valence-electron chi connectivity index (χ1n) is 9.56. The molecule has 0 spiro atoms. The van der Waals surface area contributed by atoms with Crippen LogP contribution in [0, 0.1) is 22.7 Å². The van der Waals surface area contributed by atoms with Crippen molar-refractivity contribution in [1.82, 2.24) is 5.32 Å². The molecule has 0 radical (unpaired) electrons. The van der Waals surface area contributed by atoms with Gasteiger partial charge in [0.15, 0.2) is 6.10 Å². The monoisotopic (exact) mass is 373 g/mol. The normalized spacial score (nSPS) is 16.2. The van der Waals surface area contributed by atoms with Crippen molar-refractivity contribution in [2.24, 2.45) is 0 Å². The van der Waals surface area contributed by atoms with E-state index < -0.39 is 11.6 Å². The van der Waals surface area contributed by atoms with Gasteiger partial charge >= 0.3 is 0 Å². The first-order chi connectivity index (χ1) is 13.5. The maximum atomic E-state index is 12.5. The third-order valence-corrected chi connectivity index (χ3v) is 5.17. The molecule has 0 saturated heterocycles. The number of amides is 1. The van der Waals surface area contributed by atoms with Gasteiger partial charge in [-0.05, 0) is 55.2 Å². The van der Waals surface area contributed by atoms with Crippen LogP contribution in [0.15, 0.2) is 48.5 Å². The van der Waals surface area contributed by atoms with E-state index in [-0.39, 0.29) is 5.91 Å². The van der Waals surface area contributed by atoms with E-state index in [0.29, 0.717) is 24.2 Å². The summed E-state index contributed by atoms with van der Waals surface area (Å²) in [6, 6.07) is 19.2. The topological polar surface area (TPSA) is 85.9 Å². The van der Waals surface area contributed by atoms with Crippen LogP contribution in [0.3, 0.4) is 0 Å². The molecule has 1 fully saturated rings. The molecular formula is C23H23N3O2. The molecule has 5 nitrogen and oxygen atoms in total. The SMILES string of the molecule is C[C@@H](Oc1ccc(-c2ccc(C#N)cc2)cc1)C(=O)NC1(C#N)CCCCC1. The maximum absolute atomic E-state index is 12.5. The number of benzene rings is 2. The Hall–Kier alpha value is -3.31. The van der Waals surface area contributed by atoms with Crippen LogP contribution in [0.25, 0.3) is 11.1 Å². The van der Waals surface area contributed by atoms with Crippen LogP contribution in [0.5, 0.6) is 5.75 Å². The van der Waals surface area contributed by atoms with Crippen LogP contribution >= 0.6 is 0 Å². The molecule has 0 unspecified atom stereocenters. The number of carbonyl (C=O) groups excluding carboxylic acids is 1. The van der Waals surface area contributed by atoms with Gasteiger partial charge in [0.25, 0.3) is 5.91 Å². The molecule has 0 aliphatic heterocycles. The van der Waals surface area contributed by atoms with Crippen LogP contribution in [0.4, 0.5) is 0 Å². The Labute approximate surface area is 165 Å². The van der Waals surface area contributed by atoms with Crippen LogP contribution < -0.4 is 10.1 Å². The minimum Gasteiger partial charge on any atom is -0.481 e. The number of nitrogens with one attached hydrogen (secondary N) is 1. The molecule has 142 valence electrons. The molecule has 2 aromatic carbocycles. The highest BCUT2D eigenvalue weighted by molar-refractivity contribution is 5.82. The van der Waals surface area contributed by atoms with Gasteiger partial charge in [0, 0.05) is 0 Å². The largest absolute Gasteiger partial charge is 0.481 e. The summed E-state index contributed by atoms with van der Waals surface area (Å²) in [5.74, 6) is 0.328. The summed E-state index contributed by atoms with van der Waals surface area (Å²) in [4.78, 5) is 12.5. The van der Waals surface area contributed by atoms with Gasteiger partial charge in [-0.15, -0.1) is 0 Å². The molecule has 0 heterocycles. The van der Waals surface area contributed by atoms with Gasteiger partial charge < -0.3 is 10.1 Å². The smallest absolute Gasteiger partial charge is 0.262 e. The Morgan fingerprint density at radius 3 is 2.11 bits per heavy atom. The van der Waals surface area contributed by atoms with E-state index in [2.05, 4.69) is 17.5 Å². The standard InChI is InChI=1S/C23H23N3O2/c1-17(22(27)26-23(16-25)13-3-2-4-14-23)28-21-11-9-20(10-12-21)19-7-5-18(15-24)6-8-19/h5-12,17H,2-4,13-14H2,1H3,(H,26,27)/t17-/m1/s1. The van der Waals surface area contributed by atoms with Crippen molar-refractivity contribution in [1.29, 1.82) is 10.5 Å². The number of hydrogen-bond acceptors (Lipinski definition) is 4. The van der Waals surface area contributed by atoms with E-state index in [1.165, 1.54) is 0 Å². The quantitative estimate of drug-likeness (QED) is 0.845. The van der Waals surface area contributed by atoms with Crippen molar-refractivity contribution in [3.8, 4) is 29.0 Å². The fourth-order valence-corrected chi connectivity index (χ4v) is 3.48. The molecule has 3 rings (SSSR count). The average Bonchev–Trinajstić information content (AvgIpc) is 2.75. The second-order valence-corrected chi connectivity index (χ2v) is 7.22. The second kappa shape index (κ2) is 8.59. The van der Waals surface area contributed by atoms with Gasteiger partial charge in [0.05, 0.1) is 17.7 Å². The van der Waals surface area contributed by atoms with Crippen molar-refractivity contribution in [3.63, 3.8) is 0 Å². The summed E-state index contributed by atoms with van der Waals surface area (Å²) in [6.07, 6.45) is 3.73. The predicted molar refractivity (Wildman–Crippen MR) is 106 cm³/mol. The summed E-state index contributed by atoms with van der Waals surface area (Å²) in [5, 5.41) is 21.3. The number of rotatable bonds is 5. The Bertz CT molecular complexity index is 899. The molecule has 0 aromatic heterocycles. The fraction of sp³-hybridized carbons (Fsp3) is 0.348. The molecule has 1 amide bonds. The molecule has 1 N–H and O–H groups in total. The minimum atomic E-state index is -0.758. The summed E-state index contributed by atoms with van der Waals surface area (Å²) in [5.41, 5.74) is 1.87. The molecule has 0 bridgehead atoms. The number of ether oxygens (including phenoxy) is 1. The van der Waals surface area contributed by atoms with Crippen molar-refractivity contribution >= 4 is 5.91 Å². The lowest BCUT2D eigenvalue weighted by atomic mass is 9.83. The maximum Gasteiger partial charge on any atom is 0.262 e. The Balaban J connectivity index is 1.62. The molecule has 1 aliphatic carbocycles. The first-order valence-corrected chi connectivity index (χ1v) is 9.56. The molecular weight excluding hydrogens is 350 g/mol. The summed E-state index contributed by atoms with van der Waals surface area (Å²) in [7, 11) is 0. The van der Waals surface area contributed by atoms with Crippen molar-refractivity contribution in [2.75, 3.05) is 0 Å². The van der Waals surface area contributed by atoms with Crippen molar-refractivity contribution < 1.29 is 9.53 Å². The number of nitrogens with zero attached hydrogens (tertiary/aromatic N) is 2. The van der Waals surface area contributed by atoms with Crippen LogP contribution in [-0.4, -0.2) is 17.6 Å². The van der Waals surface area contributed by atoms with Crippen molar-refractivity contribution in [2.45, 2.75) is 50.7 Å². The molecule has 1 aliphatic rings. The van der Waals surface area contributed by atoms with E-state index in [1.807, 2.05) is 36.4 Å². The molecule has 1 saturated carbocycles. The van der Waals surface area contributed by atoms with Crippen LogP contribution in [0.1, 0.15) is 44.6 Å². The molecule has 2 aromatic rings. The van der Waals surface area contributed by atoms with Crippen molar-refractivity contribution in [3.05, 3.63) is 54.1 Å². The summed E-state index contributed by atoms with van der Waals surface area (Å²) < 4.78 is 5.77. The summed E-state index contributed by atoms with van der Waals surface area (Å²) >= 11 is 0. The number of hydrogen-bond donors (Lipinski definition) is 1. The van der Waals surface area contributed by atoms with E-state index >= 15 is 0 Å². The van der Waals surface area contributed by atoms with Gasteiger partial charge in [-0.1, -0.05) is 43.5 Å². The van der Waals surface area contributed by atoms with E-state index in [0.717, 1.165) is 30.4 Å². The van der Waals surface area contributed by atoms with E-state index in [9.17, 15) is 10.1 Å². The zero-order valence-electron chi connectivity index (χ0n) is 15.9. The summed E-state index contributed by atoms with van der Waals surface area (Å²) in [6.45, 7) is 1.69. The zero-order chi connectivity index (χ0) is 20.0. The molecule has 5 heteroatoms. The highest BCUT2D eigenvalue weighted by Gasteiger charge is 2.35. The zero-order valence-corrected chi connectivity index (χ0v) is 15.9. The molecule has 28 heavy (non-hydrogen) atoms. The Kier molecular flexibility index (Phi) is 5.96. The lowest BCUT2D eigenvalue weighted by Crippen LogP contribution is -2.52. The van der Waals surface area contributed by atoms with Gasteiger partial charge in [0.2, 0.25) is 0 Å². The minimum absolute atomic E-state index is 0.264. The van der Waals surface area contributed by atoms with E-state index in [1.54, 1.807) is 19.1 Å². The second-order valence-electron chi connectivity index (χ2n) is 7.22. The van der Waals surface area contributed by atoms with Gasteiger partial charge in [-0.25, -0.2) is 0 Å². The first kappa shape index (κ1) is 19.5. The lowest BCUT2D eigenvalue weighted by Gasteiger charge is -2.32. The van der Waals surface area contributed by atoms with Gasteiger partial charge in [-0.3, -0.25) is 4.79 Å².